The molecule has 1 aliphatic heterocycles. The Hall–Kier alpha value is -1.27. The number of aromatic nitrogens is 1. The average Bonchev–Trinajstić information content (AvgIpc) is 2.36. The summed E-state index contributed by atoms with van der Waals surface area (Å²) in [6, 6.07) is 5.18. The number of carbonyl (C=O) groups excluding carboxylic acids is 1. The van der Waals surface area contributed by atoms with Gasteiger partial charge >= 0.3 is 0 Å². The lowest BCUT2D eigenvalue weighted by atomic mass is 10.2. The number of rotatable bonds is 3. The molecule has 1 fully saturated rings. The molecule has 0 radical (unpaired) electrons. The van der Waals surface area contributed by atoms with Gasteiger partial charge in [0.25, 0.3) is 5.03 Å². The summed E-state index contributed by atoms with van der Waals surface area (Å²) < 4.78 is 6.37. The number of hydrogen-bond donors (Lipinski definition) is 0. The zero-order chi connectivity index (χ0) is 13.8. The zero-order valence-electron chi connectivity index (χ0n) is 11.1. The van der Waals surface area contributed by atoms with E-state index in [1.165, 1.54) is 18.0 Å². The first kappa shape index (κ1) is 14.1. The van der Waals surface area contributed by atoms with Crippen LogP contribution in [-0.4, -0.2) is 41.9 Å². The highest BCUT2D eigenvalue weighted by Gasteiger charge is 2.26. The van der Waals surface area contributed by atoms with Gasteiger partial charge in [-0.3, -0.25) is 4.79 Å². The van der Waals surface area contributed by atoms with Crippen LogP contribution >= 0.6 is 11.8 Å². The standard InChI is InChI=1S/C13H18N2O3S/c1-10-7-14(8-11(2)18-10)12(16)9-19-13-5-3-4-6-15(13)17/h3-6,10-11H,7-9H2,1-2H3. The smallest absolute Gasteiger partial charge is 0.251 e. The summed E-state index contributed by atoms with van der Waals surface area (Å²) in [4.78, 5) is 13.9. The third kappa shape index (κ3) is 3.84. The summed E-state index contributed by atoms with van der Waals surface area (Å²) in [5, 5.41) is 12.0. The van der Waals surface area contributed by atoms with E-state index < -0.39 is 0 Å². The Labute approximate surface area is 117 Å². The van der Waals surface area contributed by atoms with Gasteiger partial charge in [0, 0.05) is 25.2 Å². The van der Waals surface area contributed by atoms with Crippen molar-refractivity contribution in [2.24, 2.45) is 0 Å². The Balaban J connectivity index is 1.89. The van der Waals surface area contributed by atoms with Crippen molar-refractivity contribution >= 4 is 17.7 Å². The van der Waals surface area contributed by atoms with Crippen LogP contribution < -0.4 is 4.73 Å². The molecule has 0 spiro atoms. The second-order valence-electron chi connectivity index (χ2n) is 4.71. The third-order valence-electron chi connectivity index (χ3n) is 2.90. The molecule has 2 heterocycles. The molecule has 1 aromatic heterocycles. The number of carbonyl (C=O) groups is 1. The molecule has 1 aromatic rings. The summed E-state index contributed by atoms with van der Waals surface area (Å²) >= 11 is 1.27. The Morgan fingerprint density at radius 1 is 1.47 bits per heavy atom. The highest BCUT2D eigenvalue weighted by Crippen LogP contribution is 2.16. The van der Waals surface area contributed by atoms with Crippen LogP contribution in [0.15, 0.2) is 29.4 Å². The normalized spacial score (nSPS) is 23.4. The van der Waals surface area contributed by atoms with Crippen LogP contribution in [0.3, 0.4) is 0 Å². The molecular weight excluding hydrogens is 264 g/mol. The van der Waals surface area contributed by atoms with E-state index >= 15 is 0 Å². The van der Waals surface area contributed by atoms with Crippen LogP contribution in [0.5, 0.6) is 0 Å². The van der Waals surface area contributed by atoms with E-state index in [9.17, 15) is 10.0 Å². The average molecular weight is 282 g/mol. The van der Waals surface area contributed by atoms with E-state index in [2.05, 4.69) is 0 Å². The van der Waals surface area contributed by atoms with E-state index in [0.29, 0.717) is 18.1 Å². The minimum atomic E-state index is 0.0517. The van der Waals surface area contributed by atoms with Gasteiger partial charge < -0.3 is 14.8 Å². The number of thioether (sulfide) groups is 1. The molecule has 19 heavy (non-hydrogen) atoms. The van der Waals surface area contributed by atoms with E-state index in [1.54, 1.807) is 18.2 Å². The Bertz CT molecular complexity index is 445. The van der Waals surface area contributed by atoms with E-state index in [4.69, 9.17) is 4.74 Å². The fourth-order valence-corrected chi connectivity index (χ4v) is 2.95. The van der Waals surface area contributed by atoms with Crippen LogP contribution in [0.25, 0.3) is 0 Å². The fraction of sp³-hybridized carbons (Fsp3) is 0.538. The van der Waals surface area contributed by atoms with Gasteiger partial charge in [0.05, 0.1) is 18.0 Å². The molecule has 2 atom stereocenters. The Morgan fingerprint density at radius 3 is 2.79 bits per heavy atom. The van der Waals surface area contributed by atoms with E-state index in [1.807, 2.05) is 18.7 Å². The van der Waals surface area contributed by atoms with Crippen molar-refractivity contribution in [3.63, 3.8) is 0 Å². The summed E-state index contributed by atoms with van der Waals surface area (Å²) in [6.07, 6.45) is 1.57. The molecule has 0 aromatic carbocycles. The Morgan fingerprint density at radius 2 is 2.16 bits per heavy atom. The maximum absolute atomic E-state index is 12.1. The van der Waals surface area contributed by atoms with Crippen molar-refractivity contribution in [1.29, 1.82) is 0 Å². The molecule has 6 heteroatoms. The molecule has 0 aliphatic carbocycles. The number of hydrogen-bond acceptors (Lipinski definition) is 4. The minimum absolute atomic E-state index is 0.0517. The van der Waals surface area contributed by atoms with Gasteiger partial charge in [-0.1, -0.05) is 0 Å². The van der Waals surface area contributed by atoms with Gasteiger partial charge in [-0.2, -0.15) is 4.73 Å². The maximum Gasteiger partial charge on any atom is 0.251 e. The number of pyridine rings is 1. The van der Waals surface area contributed by atoms with Gasteiger partial charge in [-0.15, -0.1) is 0 Å². The maximum atomic E-state index is 12.1. The first-order chi connectivity index (χ1) is 9.06. The minimum Gasteiger partial charge on any atom is -0.618 e. The largest absolute Gasteiger partial charge is 0.618 e. The zero-order valence-corrected chi connectivity index (χ0v) is 11.9. The number of amides is 1. The van der Waals surface area contributed by atoms with E-state index in [-0.39, 0.29) is 23.9 Å². The molecule has 1 aliphatic rings. The molecule has 1 saturated heterocycles. The molecule has 0 saturated carbocycles. The second-order valence-corrected chi connectivity index (χ2v) is 5.71. The third-order valence-corrected chi connectivity index (χ3v) is 3.91. The number of ether oxygens (including phenoxy) is 1. The summed E-state index contributed by atoms with van der Waals surface area (Å²) in [5.74, 6) is 0.335. The van der Waals surface area contributed by atoms with Gasteiger partial charge in [-0.05, 0) is 31.7 Å². The number of nitrogens with zero attached hydrogens (tertiary/aromatic N) is 2. The monoisotopic (exact) mass is 282 g/mol. The van der Waals surface area contributed by atoms with Crippen molar-refractivity contribution in [2.45, 2.75) is 31.1 Å². The highest BCUT2D eigenvalue weighted by molar-refractivity contribution is 7.99. The van der Waals surface area contributed by atoms with Crippen LogP contribution in [0, 0.1) is 5.21 Å². The molecule has 0 N–H and O–H groups in total. The van der Waals surface area contributed by atoms with Crippen molar-refractivity contribution < 1.29 is 14.3 Å². The topological polar surface area (TPSA) is 56.5 Å². The van der Waals surface area contributed by atoms with Gasteiger partial charge in [0.15, 0.2) is 6.20 Å². The van der Waals surface area contributed by atoms with Crippen LogP contribution in [0.2, 0.25) is 0 Å². The van der Waals surface area contributed by atoms with Gasteiger partial charge in [0.1, 0.15) is 0 Å². The molecule has 2 unspecified atom stereocenters. The fourth-order valence-electron chi connectivity index (χ4n) is 2.13. The first-order valence-electron chi connectivity index (χ1n) is 6.30. The van der Waals surface area contributed by atoms with Crippen LogP contribution in [0.1, 0.15) is 13.8 Å². The van der Waals surface area contributed by atoms with Gasteiger partial charge in [-0.25, -0.2) is 0 Å². The van der Waals surface area contributed by atoms with Crippen LogP contribution in [-0.2, 0) is 9.53 Å². The predicted molar refractivity (Wildman–Crippen MR) is 72.7 cm³/mol. The summed E-state index contributed by atoms with van der Waals surface area (Å²) in [6.45, 7) is 5.17. The lowest BCUT2D eigenvalue weighted by Crippen LogP contribution is -2.48. The lowest BCUT2D eigenvalue weighted by molar-refractivity contribution is -0.645. The van der Waals surface area contributed by atoms with Crippen molar-refractivity contribution in [3.05, 3.63) is 29.6 Å². The molecule has 2 rings (SSSR count). The SMILES string of the molecule is CC1CN(C(=O)CSc2cccc[n+]2[O-])CC(C)O1. The van der Waals surface area contributed by atoms with Crippen LogP contribution in [0.4, 0.5) is 0 Å². The molecule has 0 bridgehead atoms. The van der Waals surface area contributed by atoms with Gasteiger partial charge in [0.2, 0.25) is 5.91 Å². The molecule has 1 amide bonds. The molecule has 5 nitrogen and oxygen atoms in total. The summed E-state index contributed by atoms with van der Waals surface area (Å²) in [5.41, 5.74) is 0. The Kier molecular flexibility index (Phi) is 4.66. The second kappa shape index (κ2) is 6.25. The predicted octanol–water partition coefficient (Wildman–Crippen LogP) is 1.05. The first-order valence-corrected chi connectivity index (χ1v) is 7.29. The van der Waals surface area contributed by atoms with Crippen molar-refractivity contribution in [2.75, 3.05) is 18.8 Å². The molecular formula is C13H18N2O3S. The van der Waals surface area contributed by atoms with E-state index in [0.717, 1.165) is 4.73 Å². The highest BCUT2D eigenvalue weighted by atomic mass is 32.2. The summed E-state index contributed by atoms with van der Waals surface area (Å²) in [7, 11) is 0. The van der Waals surface area contributed by atoms with Crippen molar-refractivity contribution in [3.8, 4) is 0 Å². The number of morpholine rings is 1. The lowest BCUT2D eigenvalue weighted by Gasteiger charge is -2.35. The van der Waals surface area contributed by atoms with Crippen molar-refractivity contribution in [1.82, 2.24) is 4.90 Å². The molecule has 104 valence electrons. The quantitative estimate of drug-likeness (QED) is 0.472.